The van der Waals surface area contributed by atoms with Gasteiger partial charge in [0.1, 0.15) is 11.8 Å². The van der Waals surface area contributed by atoms with Crippen LogP contribution < -0.4 is 10.6 Å². The molecule has 2 aromatic carbocycles. The van der Waals surface area contributed by atoms with E-state index < -0.39 is 6.09 Å². The highest BCUT2D eigenvalue weighted by Gasteiger charge is 2.17. The summed E-state index contributed by atoms with van der Waals surface area (Å²) in [7, 11) is 0. The molecule has 0 bridgehead atoms. The van der Waals surface area contributed by atoms with Crippen LogP contribution in [0.5, 0.6) is 0 Å². The van der Waals surface area contributed by atoms with Crippen molar-refractivity contribution < 1.29 is 9.53 Å². The van der Waals surface area contributed by atoms with E-state index >= 15 is 0 Å². The summed E-state index contributed by atoms with van der Waals surface area (Å²) >= 11 is 0. The number of hydrogen-bond acceptors (Lipinski definition) is 8. The Balaban J connectivity index is 1.17. The molecule has 0 saturated carbocycles. The third-order valence-electron chi connectivity index (χ3n) is 6.59. The van der Waals surface area contributed by atoms with Gasteiger partial charge < -0.3 is 10.1 Å². The van der Waals surface area contributed by atoms with Crippen LogP contribution in [-0.2, 0) is 24.2 Å². The van der Waals surface area contributed by atoms with E-state index in [0.717, 1.165) is 27.7 Å². The molecule has 0 aliphatic heterocycles. The van der Waals surface area contributed by atoms with Crippen molar-refractivity contribution in [2.24, 2.45) is 0 Å². The third-order valence-corrected chi connectivity index (χ3v) is 6.59. The quantitative estimate of drug-likeness (QED) is 0.242. The van der Waals surface area contributed by atoms with E-state index in [2.05, 4.69) is 54.3 Å². The van der Waals surface area contributed by atoms with Gasteiger partial charge >= 0.3 is 6.09 Å². The Bertz CT molecular complexity index is 1740. The van der Waals surface area contributed by atoms with Crippen LogP contribution in [0.15, 0.2) is 79.6 Å². The highest BCUT2D eigenvalue weighted by atomic mass is 16.5. The number of benzene rings is 2. The number of hydrogen-bond donors (Lipinski definition) is 2. The number of nitrogens with one attached hydrogen (secondary N) is 2. The van der Waals surface area contributed by atoms with Gasteiger partial charge in [-0.05, 0) is 30.2 Å². The number of carbonyl (C=O) groups is 1. The SMILES string of the molecule is CCc1c(NC(=O)OCCCn2ccnn2)cn2ncnc(Nc3ccc4c(cnn4Cc4ccccc4)c3)c12. The Hall–Kier alpha value is -5.26. The van der Waals surface area contributed by atoms with Gasteiger partial charge in [-0.25, -0.2) is 14.3 Å². The van der Waals surface area contributed by atoms with Crippen molar-refractivity contribution in [1.82, 2.24) is 39.4 Å². The molecule has 6 aromatic rings. The second kappa shape index (κ2) is 11.2. The lowest BCUT2D eigenvalue weighted by molar-refractivity contribution is 0.158. The molecule has 40 heavy (non-hydrogen) atoms. The van der Waals surface area contributed by atoms with Crippen LogP contribution in [0.3, 0.4) is 0 Å². The van der Waals surface area contributed by atoms with E-state index in [4.69, 9.17) is 4.74 Å². The minimum absolute atomic E-state index is 0.261. The predicted octanol–water partition coefficient (Wildman–Crippen LogP) is 4.66. The zero-order valence-corrected chi connectivity index (χ0v) is 21.9. The summed E-state index contributed by atoms with van der Waals surface area (Å²) in [5.41, 5.74) is 5.43. The molecule has 4 aromatic heterocycles. The standard InChI is InChI=1S/C28H28N10O2/c1-2-23-24(34-28(39)40-14-6-12-36-13-11-30-35-36)18-38-26(23)27(29-19-32-38)33-22-9-10-25-21(15-22)16-31-37(25)17-20-7-4-3-5-8-20/h3-5,7-11,13,15-16,18-19H,2,6,12,14,17H2,1H3,(H,34,39)(H,29,32,33). The number of aryl methyl sites for hydroxylation is 2. The Morgan fingerprint density at radius 1 is 1.10 bits per heavy atom. The highest BCUT2D eigenvalue weighted by Crippen LogP contribution is 2.30. The molecule has 6 rings (SSSR count). The van der Waals surface area contributed by atoms with E-state index in [1.54, 1.807) is 27.8 Å². The van der Waals surface area contributed by atoms with Crippen molar-refractivity contribution in [3.63, 3.8) is 0 Å². The third kappa shape index (κ3) is 5.32. The lowest BCUT2D eigenvalue weighted by atomic mass is 10.2. The maximum absolute atomic E-state index is 12.5. The number of anilines is 3. The summed E-state index contributed by atoms with van der Waals surface area (Å²) in [5, 5.41) is 23.9. The van der Waals surface area contributed by atoms with E-state index in [1.807, 2.05) is 48.1 Å². The smallest absolute Gasteiger partial charge is 0.411 e. The van der Waals surface area contributed by atoms with Gasteiger partial charge in [0.05, 0.1) is 42.9 Å². The summed E-state index contributed by atoms with van der Waals surface area (Å²) < 4.78 is 10.8. The average Bonchev–Trinajstić information content (AvgIpc) is 3.71. The number of carbonyl (C=O) groups excluding carboxylic acids is 1. The summed E-state index contributed by atoms with van der Waals surface area (Å²) in [6.07, 6.45) is 9.27. The lowest BCUT2D eigenvalue weighted by Gasteiger charge is -2.10. The normalized spacial score (nSPS) is 11.2. The van der Waals surface area contributed by atoms with Gasteiger partial charge in [0.2, 0.25) is 0 Å². The minimum Gasteiger partial charge on any atom is -0.449 e. The number of fused-ring (bicyclic) bond motifs is 2. The monoisotopic (exact) mass is 536 g/mol. The number of amides is 1. The van der Waals surface area contributed by atoms with Crippen LogP contribution in [0.1, 0.15) is 24.5 Å². The van der Waals surface area contributed by atoms with Gasteiger partial charge in [-0.2, -0.15) is 10.2 Å². The molecule has 0 atom stereocenters. The fourth-order valence-corrected chi connectivity index (χ4v) is 4.70. The van der Waals surface area contributed by atoms with Gasteiger partial charge in [-0.1, -0.05) is 42.5 Å². The molecule has 1 amide bonds. The molecule has 0 radical (unpaired) electrons. The van der Waals surface area contributed by atoms with Gasteiger partial charge in [-0.3, -0.25) is 14.7 Å². The van der Waals surface area contributed by atoms with E-state index in [1.165, 1.54) is 11.9 Å². The maximum Gasteiger partial charge on any atom is 0.411 e. The van der Waals surface area contributed by atoms with E-state index in [9.17, 15) is 4.79 Å². The molecule has 12 heteroatoms. The van der Waals surface area contributed by atoms with Gasteiger partial charge in [0, 0.05) is 35.8 Å². The van der Waals surface area contributed by atoms with Crippen LogP contribution in [0.4, 0.5) is 22.0 Å². The van der Waals surface area contributed by atoms with Crippen molar-refractivity contribution in [2.75, 3.05) is 17.2 Å². The number of ether oxygens (including phenoxy) is 1. The number of nitrogens with zero attached hydrogens (tertiary/aromatic N) is 8. The first-order chi connectivity index (χ1) is 19.7. The molecular weight excluding hydrogens is 508 g/mol. The summed E-state index contributed by atoms with van der Waals surface area (Å²) in [6, 6.07) is 16.4. The van der Waals surface area contributed by atoms with Crippen molar-refractivity contribution in [1.29, 1.82) is 0 Å². The maximum atomic E-state index is 12.5. The first kappa shape index (κ1) is 25.0. The molecule has 0 aliphatic carbocycles. The average molecular weight is 537 g/mol. The van der Waals surface area contributed by atoms with Crippen LogP contribution in [0, 0.1) is 0 Å². The van der Waals surface area contributed by atoms with Crippen molar-refractivity contribution >= 4 is 39.7 Å². The molecule has 4 heterocycles. The minimum atomic E-state index is -0.523. The van der Waals surface area contributed by atoms with Crippen molar-refractivity contribution in [3.8, 4) is 0 Å². The van der Waals surface area contributed by atoms with Crippen LogP contribution in [0.25, 0.3) is 16.4 Å². The Morgan fingerprint density at radius 3 is 2.83 bits per heavy atom. The molecular formula is C28H28N10O2. The number of rotatable bonds is 10. The zero-order valence-electron chi connectivity index (χ0n) is 21.9. The molecule has 0 unspecified atom stereocenters. The second-order valence-corrected chi connectivity index (χ2v) is 9.24. The highest BCUT2D eigenvalue weighted by molar-refractivity contribution is 5.91. The number of aromatic nitrogens is 8. The van der Waals surface area contributed by atoms with Gasteiger partial charge in [-0.15, -0.1) is 5.10 Å². The van der Waals surface area contributed by atoms with Crippen molar-refractivity contribution in [2.45, 2.75) is 32.9 Å². The predicted molar refractivity (Wildman–Crippen MR) is 151 cm³/mol. The van der Waals surface area contributed by atoms with Crippen LogP contribution in [0.2, 0.25) is 0 Å². The second-order valence-electron chi connectivity index (χ2n) is 9.24. The molecule has 0 saturated heterocycles. The van der Waals surface area contributed by atoms with Gasteiger partial charge in [0.15, 0.2) is 5.82 Å². The van der Waals surface area contributed by atoms with Crippen LogP contribution >= 0.6 is 0 Å². The lowest BCUT2D eigenvalue weighted by Crippen LogP contribution is -2.15. The Morgan fingerprint density at radius 2 is 2.00 bits per heavy atom. The summed E-state index contributed by atoms with van der Waals surface area (Å²) in [6.45, 7) is 3.60. The van der Waals surface area contributed by atoms with Crippen LogP contribution in [-0.4, -0.2) is 52.1 Å². The van der Waals surface area contributed by atoms with E-state index in [0.29, 0.717) is 37.4 Å². The largest absolute Gasteiger partial charge is 0.449 e. The zero-order chi connectivity index (χ0) is 27.3. The first-order valence-electron chi connectivity index (χ1n) is 13.1. The first-order valence-corrected chi connectivity index (χ1v) is 13.1. The molecule has 202 valence electrons. The molecule has 2 N–H and O–H groups in total. The Labute approximate surface area is 229 Å². The molecule has 0 spiro atoms. The van der Waals surface area contributed by atoms with Crippen molar-refractivity contribution in [3.05, 3.63) is 90.8 Å². The topological polar surface area (TPSA) is 129 Å². The summed E-state index contributed by atoms with van der Waals surface area (Å²) in [4.78, 5) is 17.0. The summed E-state index contributed by atoms with van der Waals surface area (Å²) in [5.74, 6) is 0.636. The fraction of sp³-hybridized carbons (Fsp3) is 0.214. The molecule has 0 fully saturated rings. The molecule has 0 aliphatic rings. The molecule has 12 nitrogen and oxygen atoms in total. The fourth-order valence-electron chi connectivity index (χ4n) is 4.70. The van der Waals surface area contributed by atoms with E-state index in [-0.39, 0.29) is 6.61 Å². The van der Waals surface area contributed by atoms with Gasteiger partial charge in [0.25, 0.3) is 0 Å². The Kier molecular flexibility index (Phi) is 7.03.